The summed E-state index contributed by atoms with van der Waals surface area (Å²) in [5.41, 5.74) is 2.62. The van der Waals surface area contributed by atoms with Gasteiger partial charge in [-0.3, -0.25) is 4.79 Å². The van der Waals surface area contributed by atoms with Gasteiger partial charge in [-0.1, -0.05) is 12.1 Å². The Morgan fingerprint density at radius 3 is 2.65 bits per heavy atom. The van der Waals surface area contributed by atoms with Crippen LogP contribution in [-0.2, 0) is 16.1 Å². The molecule has 6 heteroatoms. The molecule has 26 heavy (non-hydrogen) atoms. The SMILES string of the molecule is Cc1cc2oc(=O)cc(COC(=O)CSc3ccccc3F)c2cc1C. The van der Waals surface area contributed by atoms with Crippen molar-refractivity contribution in [2.24, 2.45) is 0 Å². The van der Waals surface area contributed by atoms with Crippen LogP contribution in [0, 0.1) is 19.7 Å². The van der Waals surface area contributed by atoms with Gasteiger partial charge in [-0.15, -0.1) is 11.8 Å². The first kappa shape index (κ1) is 18.2. The molecule has 0 atom stereocenters. The largest absolute Gasteiger partial charge is 0.460 e. The van der Waals surface area contributed by atoms with E-state index in [1.807, 2.05) is 19.9 Å². The Morgan fingerprint density at radius 2 is 1.88 bits per heavy atom. The Morgan fingerprint density at radius 1 is 1.15 bits per heavy atom. The van der Waals surface area contributed by atoms with Gasteiger partial charge >= 0.3 is 11.6 Å². The van der Waals surface area contributed by atoms with Crippen LogP contribution < -0.4 is 5.63 Å². The summed E-state index contributed by atoms with van der Waals surface area (Å²) < 4.78 is 24.0. The van der Waals surface area contributed by atoms with Gasteiger partial charge in [-0.2, -0.15) is 0 Å². The molecule has 1 aromatic heterocycles. The summed E-state index contributed by atoms with van der Waals surface area (Å²) in [6.45, 7) is 3.85. The fraction of sp³-hybridized carbons (Fsp3) is 0.200. The van der Waals surface area contributed by atoms with Crippen LogP contribution in [-0.4, -0.2) is 11.7 Å². The maximum atomic E-state index is 13.6. The van der Waals surface area contributed by atoms with Gasteiger partial charge in [0.05, 0.1) is 5.75 Å². The lowest BCUT2D eigenvalue weighted by Gasteiger charge is -2.09. The molecule has 4 nitrogen and oxygen atoms in total. The molecule has 0 N–H and O–H groups in total. The Hall–Kier alpha value is -2.60. The third-order valence-corrected chi connectivity index (χ3v) is 5.04. The molecular weight excluding hydrogens is 355 g/mol. The first-order chi connectivity index (χ1) is 12.4. The van der Waals surface area contributed by atoms with Gasteiger partial charge in [0.1, 0.15) is 18.0 Å². The number of benzene rings is 2. The van der Waals surface area contributed by atoms with Crippen molar-refractivity contribution in [1.29, 1.82) is 0 Å². The average molecular weight is 372 g/mol. The lowest BCUT2D eigenvalue weighted by atomic mass is 10.0. The molecule has 0 spiro atoms. The van der Waals surface area contributed by atoms with Crippen LogP contribution in [0.2, 0.25) is 0 Å². The van der Waals surface area contributed by atoms with Crippen molar-refractivity contribution in [3.05, 3.63) is 75.4 Å². The highest BCUT2D eigenvalue weighted by Crippen LogP contribution is 2.23. The predicted molar refractivity (Wildman–Crippen MR) is 98.9 cm³/mol. The number of halogens is 1. The van der Waals surface area contributed by atoms with Gasteiger partial charge in [-0.05, 0) is 49.2 Å². The second-order valence-electron chi connectivity index (χ2n) is 5.90. The molecule has 0 radical (unpaired) electrons. The lowest BCUT2D eigenvalue weighted by molar-refractivity contribution is -0.141. The highest BCUT2D eigenvalue weighted by Gasteiger charge is 2.11. The molecule has 0 aliphatic rings. The van der Waals surface area contributed by atoms with Gasteiger partial charge in [0.25, 0.3) is 0 Å². The summed E-state index contributed by atoms with van der Waals surface area (Å²) in [4.78, 5) is 24.1. The van der Waals surface area contributed by atoms with Crippen molar-refractivity contribution in [3.8, 4) is 0 Å². The fourth-order valence-electron chi connectivity index (χ4n) is 2.50. The number of carbonyl (C=O) groups excluding carboxylic acids is 1. The van der Waals surface area contributed by atoms with Crippen LogP contribution in [0.1, 0.15) is 16.7 Å². The van der Waals surface area contributed by atoms with Crippen molar-refractivity contribution in [1.82, 2.24) is 0 Å². The van der Waals surface area contributed by atoms with E-state index in [1.165, 1.54) is 12.1 Å². The molecule has 3 aromatic rings. The number of esters is 1. The van der Waals surface area contributed by atoms with Crippen LogP contribution in [0.15, 0.2) is 56.6 Å². The fourth-order valence-corrected chi connectivity index (χ4v) is 3.24. The van der Waals surface area contributed by atoms with E-state index in [0.717, 1.165) is 28.3 Å². The second kappa shape index (κ2) is 7.74. The predicted octanol–water partition coefficient (Wildman–Crippen LogP) is 4.38. The Kier molecular flexibility index (Phi) is 5.42. The summed E-state index contributed by atoms with van der Waals surface area (Å²) in [6.07, 6.45) is 0. The molecule has 1 heterocycles. The minimum Gasteiger partial charge on any atom is -0.460 e. The molecule has 0 saturated heterocycles. The van der Waals surface area contributed by atoms with Crippen LogP contribution in [0.4, 0.5) is 4.39 Å². The molecular formula is C20H17FO4S. The van der Waals surface area contributed by atoms with Gasteiger partial charge < -0.3 is 9.15 Å². The topological polar surface area (TPSA) is 56.5 Å². The van der Waals surface area contributed by atoms with Crippen molar-refractivity contribution >= 4 is 28.7 Å². The molecule has 134 valence electrons. The van der Waals surface area contributed by atoms with E-state index in [2.05, 4.69) is 0 Å². The number of thioether (sulfide) groups is 1. The van der Waals surface area contributed by atoms with E-state index < -0.39 is 11.6 Å². The second-order valence-corrected chi connectivity index (χ2v) is 6.92. The van der Waals surface area contributed by atoms with Gasteiger partial charge in [0.15, 0.2) is 0 Å². The van der Waals surface area contributed by atoms with Crippen molar-refractivity contribution in [2.45, 2.75) is 25.3 Å². The maximum Gasteiger partial charge on any atom is 0.336 e. The number of hydrogen-bond acceptors (Lipinski definition) is 5. The summed E-state index contributed by atoms with van der Waals surface area (Å²) in [5.74, 6) is -0.871. The average Bonchev–Trinajstić information content (AvgIpc) is 2.60. The van der Waals surface area contributed by atoms with Gasteiger partial charge in [-0.25, -0.2) is 9.18 Å². The van der Waals surface area contributed by atoms with Crippen LogP contribution in [0.25, 0.3) is 11.0 Å². The minimum absolute atomic E-state index is 0.0154. The van der Waals surface area contributed by atoms with E-state index in [9.17, 15) is 14.0 Å². The first-order valence-electron chi connectivity index (χ1n) is 8.01. The number of aryl methyl sites for hydroxylation is 2. The Bertz CT molecular complexity index is 1030. The number of carbonyl (C=O) groups is 1. The van der Waals surface area contributed by atoms with Crippen LogP contribution in [0.3, 0.4) is 0 Å². The monoisotopic (exact) mass is 372 g/mol. The van der Waals surface area contributed by atoms with E-state index in [1.54, 1.807) is 24.3 Å². The summed E-state index contributed by atoms with van der Waals surface area (Å²) in [7, 11) is 0. The Balaban J connectivity index is 1.71. The van der Waals surface area contributed by atoms with Crippen LogP contribution in [0.5, 0.6) is 0 Å². The minimum atomic E-state index is -0.493. The number of fused-ring (bicyclic) bond motifs is 1. The molecule has 0 aliphatic heterocycles. The molecule has 3 rings (SSSR count). The molecule has 2 aromatic carbocycles. The molecule has 0 amide bonds. The van der Waals surface area contributed by atoms with Gasteiger partial charge in [0.2, 0.25) is 0 Å². The summed E-state index contributed by atoms with van der Waals surface area (Å²) in [6, 6.07) is 11.3. The van der Waals surface area contributed by atoms with Gasteiger partial charge in [0, 0.05) is 21.9 Å². The molecule has 0 bridgehead atoms. The van der Waals surface area contributed by atoms with E-state index >= 15 is 0 Å². The molecule has 0 saturated carbocycles. The first-order valence-corrected chi connectivity index (χ1v) is 8.99. The van der Waals surface area contributed by atoms with Crippen molar-refractivity contribution in [3.63, 3.8) is 0 Å². The maximum absolute atomic E-state index is 13.6. The third-order valence-electron chi connectivity index (χ3n) is 4.02. The number of ether oxygens (including phenoxy) is 1. The van der Waals surface area contributed by atoms with Crippen molar-refractivity contribution in [2.75, 3.05) is 5.75 Å². The molecule has 0 unspecified atom stereocenters. The van der Waals surface area contributed by atoms with Crippen LogP contribution >= 0.6 is 11.8 Å². The smallest absolute Gasteiger partial charge is 0.336 e. The highest BCUT2D eigenvalue weighted by atomic mass is 32.2. The number of hydrogen-bond donors (Lipinski definition) is 0. The quantitative estimate of drug-likeness (QED) is 0.378. The third kappa shape index (κ3) is 4.14. The van der Waals surface area contributed by atoms with Crippen molar-refractivity contribution < 1.29 is 18.3 Å². The van der Waals surface area contributed by atoms with E-state index in [0.29, 0.717) is 16.0 Å². The molecule has 0 fully saturated rings. The van der Waals surface area contributed by atoms with E-state index in [-0.39, 0.29) is 18.2 Å². The Labute approximate surface area is 154 Å². The lowest BCUT2D eigenvalue weighted by Crippen LogP contribution is -2.09. The zero-order chi connectivity index (χ0) is 18.7. The molecule has 0 aliphatic carbocycles. The number of rotatable bonds is 5. The van der Waals surface area contributed by atoms with E-state index in [4.69, 9.17) is 9.15 Å². The summed E-state index contributed by atoms with van der Waals surface area (Å²) in [5, 5.41) is 0.738. The highest BCUT2D eigenvalue weighted by molar-refractivity contribution is 8.00. The normalized spacial score (nSPS) is 10.9. The zero-order valence-electron chi connectivity index (χ0n) is 14.4. The standard InChI is InChI=1S/C20H17FO4S/c1-12-7-15-14(9-19(22)25-17(15)8-13(12)2)10-24-20(23)11-26-18-6-4-3-5-16(18)21/h3-9H,10-11H2,1-2H3. The summed E-state index contributed by atoms with van der Waals surface area (Å²) >= 11 is 1.07. The zero-order valence-corrected chi connectivity index (χ0v) is 15.2.